The van der Waals surface area contributed by atoms with E-state index in [1.54, 1.807) is 0 Å². The SMILES string of the molecule is CC1(C)c2c(cc(-c3ccc(-c4ccccn4)cc3)c3ccccc23)-c2c1c1ccccc1c1ccccc21. The molecule has 0 saturated carbocycles. The first kappa shape index (κ1) is 22.3. The normalized spacial score (nSPS) is 13.6. The molecule has 0 amide bonds. The summed E-state index contributed by atoms with van der Waals surface area (Å²) >= 11 is 0. The Bertz CT molecular complexity index is 2070. The molecular formula is C38H27N. The van der Waals surface area contributed by atoms with Gasteiger partial charge in [0.15, 0.2) is 0 Å². The van der Waals surface area contributed by atoms with E-state index in [4.69, 9.17) is 0 Å². The van der Waals surface area contributed by atoms with Gasteiger partial charge in [-0.15, -0.1) is 0 Å². The Morgan fingerprint density at radius 2 is 1.00 bits per heavy atom. The fraction of sp³-hybridized carbons (Fsp3) is 0.0789. The lowest BCUT2D eigenvalue weighted by Gasteiger charge is -2.25. The molecule has 0 N–H and O–H groups in total. The molecule has 0 atom stereocenters. The van der Waals surface area contributed by atoms with E-state index in [0.717, 1.165) is 11.3 Å². The van der Waals surface area contributed by atoms with Crippen molar-refractivity contribution in [1.82, 2.24) is 4.98 Å². The molecule has 1 heterocycles. The highest BCUT2D eigenvalue weighted by Gasteiger charge is 2.40. The van der Waals surface area contributed by atoms with Crippen molar-refractivity contribution in [1.29, 1.82) is 0 Å². The third kappa shape index (κ3) is 3.11. The molecule has 0 fully saturated rings. The number of pyridine rings is 1. The Balaban J connectivity index is 1.46. The molecule has 1 nitrogen and oxygen atoms in total. The summed E-state index contributed by atoms with van der Waals surface area (Å²) in [5.74, 6) is 0. The van der Waals surface area contributed by atoms with Crippen molar-refractivity contribution in [3.63, 3.8) is 0 Å². The van der Waals surface area contributed by atoms with Crippen LogP contribution in [-0.2, 0) is 5.41 Å². The summed E-state index contributed by atoms with van der Waals surface area (Å²) in [6, 6.07) is 44.2. The van der Waals surface area contributed by atoms with E-state index >= 15 is 0 Å². The number of aromatic nitrogens is 1. The van der Waals surface area contributed by atoms with E-state index in [0.29, 0.717) is 0 Å². The monoisotopic (exact) mass is 497 g/mol. The summed E-state index contributed by atoms with van der Waals surface area (Å²) in [5.41, 5.74) is 10.1. The van der Waals surface area contributed by atoms with Gasteiger partial charge >= 0.3 is 0 Å². The lowest BCUT2D eigenvalue weighted by molar-refractivity contribution is 0.672. The molecule has 39 heavy (non-hydrogen) atoms. The van der Waals surface area contributed by atoms with Crippen LogP contribution < -0.4 is 0 Å². The Kier molecular flexibility index (Phi) is 4.63. The van der Waals surface area contributed by atoms with Gasteiger partial charge in [0, 0.05) is 17.2 Å². The summed E-state index contributed by atoms with van der Waals surface area (Å²) in [6.07, 6.45) is 1.85. The quantitative estimate of drug-likeness (QED) is 0.217. The lowest BCUT2D eigenvalue weighted by atomic mass is 9.77. The van der Waals surface area contributed by atoms with Crippen molar-refractivity contribution >= 4 is 32.3 Å². The highest BCUT2D eigenvalue weighted by atomic mass is 14.7. The highest BCUT2D eigenvalue weighted by Crippen LogP contribution is 2.57. The van der Waals surface area contributed by atoms with Crippen molar-refractivity contribution in [2.75, 3.05) is 0 Å². The van der Waals surface area contributed by atoms with E-state index in [9.17, 15) is 0 Å². The molecule has 0 spiro atoms. The van der Waals surface area contributed by atoms with Crippen LogP contribution in [0.25, 0.3) is 65.8 Å². The molecule has 0 radical (unpaired) electrons. The summed E-state index contributed by atoms with van der Waals surface area (Å²) in [6.45, 7) is 4.82. The maximum absolute atomic E-state index is 4.54. The summed E-state index contributed by atoms with van der Waals surface area (Å²) in [5, 5.41) is 8.00. The molecular weight excluding hydrogens is 470 g/mol. The minimum Gasteiger partial charge on any atom is -0.256 e. The Morgan fingerprint density at radius 3 is 1.67 bits per heavy atom. The van der Waals surface area contributed by atoms with E-state index in [2.05, 4.69) is 128 Å². The minimum absolute atomic E-state index is 0.130. The Labute approximate surface area is 228 Å². The van der Waals surface area contributed by atoms with Gasteiger partial charge in [-0.3, -0.25) is 4.98 Å². The predicted molar refractivity (Wildman–Crippen MR) is 165 cm³/mol. The molecule has 6 aromatic carbocycles. The molecule has 0 bridgehead atoms. The predicted octanol–water partition coefficient (Wildman–Crippen LogP) is 10.2. The summed E-state index contributed by atoms with van der Waals surface area (Å²) < 4.78 is 0. The average Bonchev–Trinajstić information content (AvgIpc) is 3.24. The molecule has 7 aromatic rings. The van der Waals surface area contributed by atoms with Gasteiger partial charge in [0.2, 0.25) is 0 Å². The summed E-state index contributed by atoms with van der Waals surface area (Å²) in [7, 11) is 0. The van der Waals surface area contributed by atoms with Gasteiger partial charge < -0.3 is 0 Å². The first-order valence-corrected chi connectivity index (χ1v) is 13.7. The van der Waals surface area contributed by atoms with Gasteiger partial charge in [-0.25, -0.2) is 0 Å². The lowest BCUT2D eigenvalue weighted by Crippen LogP contribution is -2.16. The number of fused-ring (bicyclic) bond motifs is 10. The van der Waals surface area contributed by atoms with Gasteiger partial charge in [0.05, 0.1) is 5.69 Å². The molecule has 184 valence electrons. The minimum atomic E-state index is -0.130. The van der Waals surface area contributed by atoms with Crippen LogP contribution in [0.1, 0.15) is 25.0 Å². The molecule has 0 aliphatic heterocycles. The average molecular weight is 498 g/mol. The topological polar surface area (TPSA) is 12.9 Å². The third-order valence-electron chi connectivity index (χ3n) is 8.65. The Morgan fingerprint density at radius 1 is 0.462 bits per heavy atom. The fourth-order valence-electron chi connectivity index (χ4n) is 7.03. The van der Waals surface area contributed by atoms with Crippen molar-refractivity contribution < 1.29 is 0 Å². The number of benzene rings is 6. The zero-order valence-corrected chi connectivity index (χ0v) is 22.1. The maximum Gasteiger partial charge on any atom is 0.0701 e. The zero-order chi connectivity index (χ0) is 26.1. The molecule has 0 unspecified atom stereocenters. The fourth-order valence-corrected chi connectivity index (χ4v) is 7.03. The number of hydrogen-bond acceptors (Lipinski definition) is 1. The first-order chi connectivity index (χ1) is 19.1. The molecule has 0 saturated heterocycles. The van der Waals surface area contributed by atoms with Gasteiger partial charge in [0.1, 0.15) is 0 Å². The van der Waals surface area contributed by atoms with Crippen LogP contribution in [0.15, 0.2) is 128 Å². The van der Waals surface area contributed by atoms with Crippen LogP contribution >= 0.6 is 0 Å². The van der Waals surface area contributed by atoms with Crippen molar-refractivity contribution in [2.24, 2.45) is 0 Å². The second-order valence-electron chi connectivity index (χ2n) is 11.2. The van der Waals surface area contributed by atoms with E-state index in [1.165, 1.54) is 65.7 Å². The Hall–Kier alpha value is -4.75. The number of rotatable bonds is 2. The standard InChI is InChI=1S/C38H27N/c1-38(2)36-30-15-7-5-13-28(30)32(24-18-20-25(21-19-24)34-17-9-10-22-39-34)23-33(36)35-29-14-6-3-11-26(29)27-12-4-8-16-31(27)37(35)38/h3-23H,1-2H3. The maximum atomic E-state index is 4.54. The van der Waals surface area contributed by atoms with Crippen molar-refractivity contribution in [2.45, 2.75) is 19.3 Å². The molecule has 1 aromatic heterocycles. The second kappa shape index (κ2) is 8.12. The van der Waals surface area contributed by atoms with Crippen LogP contribution in [0, 0.1) is 0 Å². The van der Waals surface area contributed by atoms with Crippen molar-refractivity contribution in [3.8, 4) is 33.5 Å². The van der Waals surface area contributed by atoms with Crippen LogP contribution in [-0.4, -0.2) is 4.98 Å². The van der Waals surface area contributed by atoms with Gasteiger partial charge in [-0.1, -0.05) is 117 Å². The van der Waals surface area contributed by atoms with Gasteiger partial charge in [-0.05, 0) is 83.9 Å². The van der Waals surface area contributed by atoms with Crippen LogP contribution in [0.2, 0.25) is 0 Å². The molecule has 1 heteroatoms. The molecule has 1 aliphatic carbocycles. The zero-order valence-electron chi connectivity index (χ0n) is 22.1. The largest absolute Gasteiger partial charge is 0.256 e. The smallest absolute Gasteiger partial charge is 0.0701 e. The second-order valence-corrected chi connectivity index (χ2v) is 11.2. The number of nitrogens with zero attached hydrogens (tertiary/aromatic N) is 1. The van der Waals surface area contributed by atoms with E-state index < -0.39 is 0 Å². The molecule has 8 rings (SSSR count). The van der Waals surface area contributed by atoms with E-state index in [-0.39, 0.29) is 5.41 Å². The van der Waals surface area contributed by atoms with Crippen molar-refractivity contribution in [3.05, 3.63) is 139 Å². The highest BCUT2D eigenvalue weighted by molar-refractivity contribution is 6.20. The summed E-state index contributed by atoms with van der Waals surface area (Å²) in [4.78, 5) is 4.54. The van der Waals surface area contributed by atoms with Crippen LogP contribution in [0.4, 0.5) is 0 Å². The van der Waals surface area contributed by atoms with Crippen LogP contribution in [0.3, 0.4) is 0 Å². The van der Waals surface area contributed by atoms with Gasteiger partial charge in [0.25, 0.3) is 0 Å². The third-order valence-corrected chi connectivity index (χ3v) is 8.65. The number of hydrogen-bond donors (Lipinski definition) is 0. The first-order valence-electron chi connectivity index (χ1n) is 13.7. The van der Waals surface area contributed by atoms with Gasteiger partial charge in [-0.2, -0.15) is 0 Å². The molecule has 1 aliphatic rings. The van der Waals surface area contributed by atoms with E-state index in [1.807, 2.05) is 18.3 Å². The van der Waals surface area contributed by atoms with Crippen LogP contribution in [0.5, 0.6) is 0 Å².